The van der Waals surface area contributed by atoms with Crippen LogP contribution in [0, 0.1) is 45.3 Å². The third-order valence-electron chi connectivity index (χ3n) is 23.0. The lowest BCUT2D eigenvalue weighted by Gasteiger charge is -2.71. The fourth-order valence-corrected chi connectivity index (χ4v) is 17.7. The summed E-state index contributed by atoms with van der Waals surface area (Å²) in [5, 5.41) is 196. The highest BCUT2D eigenvalue weighted by Crippen LogP contribution is 2.76. The Morgan fingerprint density at radius 1 is 0.477 bits per heavy atom. The maximum absolute atomic E-state index is 13.0. The number of rotatable bonds is 19. The number of hydrogen-bond donors (Lipinski definition) is 18. The zero-order valence-electron chi connectivity index (χ0n) is 51.5. The first-order valence-corrected chi connectivity index (χ1v) is 31.4. The van der Waals surface area contributed by atoms with Gasteiger partial charge in [0.05, 0.1) is 50.8 Å². The van der Waals surface area contributed by atoms with E-state index in [0.717, 1.165) is 18.4 Å². The lowest BCUT2D eigenvalue weighted by molar-refractivity contribution is -0.398. The van der Waals surface area contributed by atoms with E-state index in [0.29, 0.717) is 44.9 Å². The Kier molecular flexibility index (Phi) is 22.1. The molecule has 5 aliphatic heterocycles. The van der Waals surface area contributed by atoms with Crippen molar-refractivity contribution < 1.29 is 139 Å². The van der Waals surface area contributed by atoms with Gasteiger partial charge in [-0.1, -0.05) is 46.3 Å². The summed E-state index contributed by atoms with van der Waals surface area (Å²) in [7, 11) is 0. The van der Waals surface area contributed by atoms with E-state index in [1.165, 1.54) is 0 Å². The third-order valence-corrected chi connectivity index (χ3v) is 23.0. The average Bonchev–Trinajstić information content (AvgIpc) is 1.24. The van der Waals surface area contributed by atoms with Crippen LogP contribution in [0.3, 0.4) is 0 Å². The number of aliphatic hydroxyl groups is 18. The third kappa shape index (κ3) is 12.6. The number of hydrogen-bond acceptors (Lipinski definition) is 28. The molecule has 4 aliphatic carbocycles. The second kappa shape index (κ2) is 27.4. The molecular formula is C60H102O28. The van der Waals surface area contributed by atoms with Crippen LogP contribution in [0.5, 0.6) is 0 Å². The molecule has 9 aliphatic rings. The van der Waals surface area contributed by atoms with Crippen LogP contribution in [0.2, 0.25) is 0 Å². The van der Waals surface area contributed by atoms with Gasteiger partial charge in [0.2, 0.25) is 0 Å². The van der Waals surface area contributed by atoms with Gasteiger partial charge in [-0.3, -0.25) is 0 Å². The second-order valence-electron chi connectivity index (χ2n) is 28.6. The second-order valence-corrected chi connectivity index (χ2v) is 28.6. The van der Waals surface area contributed by atoms with Gasteiger partial charge in [0.15, 0.2) is 31.5 Å². The fraction of sp³-hybridized carbons (Fsp3) is 0.967. The predicted octanol–water partition coefficient (Wildman–Crippen LogP) is -4.38. The van der Waals surface area contributed by atoms with E-state index in [2.05, 4.69) is 40.7 Å². The van der Waals surface area contributed by atoms with E-state index in [9.17, 15) is 91.9 Å². The van der Waals surface area contributed by atoms with Crippen molar-refractivity contribution in [2.45, 2.75) is 285 Å². The van der Waals surface area contributed by atoms with E-state index in [1.54, 1.807) is 0 Å². The van der Waals surface area contributed by atoms with Crippen LogP contribution < -0.4 is 0 Å². The molecule has 35 atom stereocenters. The lowest BCUT2D eigenvalue weighted by Crippen LogP contribution is -2.68. The Morgan fingerprint density at radius 3 is 1.45 bits per heavy atom. The summed E-state index contributed by atoms with van der Waals surface area (Å²) in [5.41, 5.74) is -1.95. The number of ether oxygens (including phenoxy) is 10. The van der Waals surface area contributed by atoms with Crippen LogP contribution in [-0.2, 0) is 47.4 Å². The Morgan fingerprint density at radius 2 is 0.920 bits per heavy atom. The van der Waals surface area contributed by atoms with Crippen molar-refractivity contribution in [1.82, 2.24) is 0 Å². The molecule has 4 saturated carbocycles. The molecule has 0 radical (unpaired) electrons. The summed E-state index contributed by atoms with van der Waals surface area (Å²) in [5.74, 6) is -0.715. The Labute approximate surface area is 512 Å². The van der Waals surface area contributed by atoms with E-state index >= 15 is 0 Å². The molecule has 0 spiro atoms. The molecule has 0 aromatic carbocycles. The molecule has 28 heteroatoms. The van der Waals surface area contributed by atoms with Crippen molar-refractivity contribution in [3.63, 3.8) is 0 Å². The summed E-state index contributed by atoms with van der Waals surface area (Å²) in [6, 6.07) is 0. The molecule has 9 fully saturated rings. The summed E-state index contributed by atoms with van der Waals surface area (Å²) in [4.78, 5) is 0. The van der Waals surface area contributed by atoms with Gasteiger partial charge < -0.3 is 139 Å². The molecule has 0 bridgehead atoms. The van der Waals surface area contributed by atoms with Crippen molar-refractivity contribution in [2.75, 3.05) is 33.0 Å². The number of aliphatic hydroxyl groups excluding tert-OH is 18. The van der Waals surface area contributed by atoms with Crippen LogP contribution in [0.1, 0.15) is 113 Å². The molecule has 5 saturated heterocycles. The fourth-order valence-electron chi connectivity index (χ4n) is 17.7. The van der Waals surface area contributed by atoms with E-state index in [-0.39, 0.29) is 29.1 Å². The Hall–Kier alpha value is -1.38. The van der Waals surface area contributed by atoms with Crippen LogP contribution >= 0.6 is 0 Å². The van der Waals surface area contributed by atoms with Gasteiger partial charge in [-0.2, -0.15) is 0 Å². The molecular weight excluding hydrogens is 1170 g/mol. The number of fused-ring (bicyclic) bond motifs is 5. The maximum Gasteiger partial charge on any atom is 0.187 e. The van der Waals surface area contributed by atoms with Gasteiger partial charge >= 0.3 is 0 Å². The first-order valence-electron chi connectivity index (χ1n) is 31.4. The van der Waals surface area contributed by atoms with Crippen LogP contribution in [-0.4, -0.2) is 296 Å². The molecule has 11 unspecified atom stereocenters. The van der Waals surface area contributed by atoms with E-state index in [1.807, 2.05) is 20.8 Å². The lowest BCUT2D eigenvalue weighted by atomic mass is 9.35. The minimum atomic E-state index is -1.97. The molecule has 510 valence electrons. The van der Waals surface area contributed by atoms with Crippen molar-refractivity contribution in [2.24, 2.45) is 45.3 Å². The van der Waals surface area contributed by atoms with Crippen LogP contribution in [0.15, 0.2) is 11.6 Å². The molecule has 0 aromatic rings. The van der Waals surface area contributed by atoms with Gasteiger partial charge in [-0.15, -0.1) is 0 Å². The molecule has 88 heavy (non-hydrogen) atoms. The van der Waals surface area contributed by atoms with Gasteiger partial charge in [0.1, 0.15) is 122 Å². The maximum atomic E-state index is 13.0. The predicted molar refractivity (Wildman–Crippen MR) is 299 cm³/mol. The van der Waals surface area contributed by atoms with Gasteiger partial charge in [-0.25, -0.2) is 0 Å². The van der Waals surface area contributed by atoms with Crippen molar-refractivity contribution in [3.05, 3.63) is 11.6 Å². The van der Waals surface area contributed by atoms with Crippen LogP contribution in [0.4, 0.5) is 0 Å². The van der Waals surface area contributed by atoms with Crippen molar-refractivity contribution >= 4 is 0 Å². The topological polar surface area (TPSA) is 456 Å². The highest BCUT2D eigenvalue weighted by Gasteiger charge is 2.72. The Balaban J connectivity index is 0.935. The first-order chi connectivity index (χ1) is 41.3. The quantitative estimate of drug-likeness (QED) is 0.0429. The molecule has 0 aromatic heterocycles. The summed E-state index contributed by atoms with van der Waals surface area (Å²) in [6.07, 6.45) is -36.5. The van der Waals surface area contributed by atoms with Gasteiger partial charge in [0.25, 0.3) is 0 Å². The molecule has 9 rings (SSSR count). The molecule has 28 nitrogen and oxygen atoms in total. The average molecular weight is 1270 g/mol. The smallest absolute Gasteiger partial charge is 0.187 e. The zero-order chi connectivity index (χ0) is 64.7. The molecule has 0 amide bonds. The Bertz CT molecular complexity index is 2320. The largest absolute Gasteiger partial charge is 0.394 e. The number of allylic oxidation sites excluding steroid dienone is 2. The monoisotopic (exact) mass is 1270 g/mol. The molecule has 5 heterocycles. The van der Waals surface area contributed by atoms with Gasteiger partial charge in [0, 0.05) is 0 Å². The van der Waals surface area contributed by atoms with E-state index in [4.69, 9.17) is 47.4 Å². The van der Waals surface area contributed by atoms with Crippen molar-refractivity contribution in [3.8, 4) is 0 Å². The highest BCUT2D eigenvalue weighted by atomic mass is 16.8. The highest BCUT2D eigenvalue weighted by molar-refractivity contribution is 5.21. The van der Waals surface area contributed by atoms with Crippen LogP contribution in [0.25, 0.3) is 0 Å². The minimum absolute atomic E-state index is 0.0282. The first kappa shape index (κ1) is 70.9. The minimum Gasteiger partial charge on any atom is -0.394 e. The normalized spacial score (nSPS) is 52.9. The standard InChI is InChI=1S/C60H102O28/c1-24(2)10-9-14-60(8,88-53-48(78)43(73)40(70)31(84-53)23-79-51-46(76)41(71)36(66)27(19-61)80-51)25-11-16-59(7)35(25)26(65)18-33-57(5)15-13-34(56(3,4)32(57)12-17-58(33,59)6)85-54-49(44(74)38(68)29(21-63)82-54)87-55-50(45(75)39(69)30(22-64)83-55)86-52-47(77)42(72)37(67)28(20-62)81-52/h10,25-55,61-78H,9,11-23H2,1-8H3/t25?,26?,27-,28-,29-,30-,31-,32?,33?,34?,35?,36-,37-,38-,39-,40-,41+,42+,43+,44+,45+,46-,47-,48-,49-,50-,51?,52+,53+,54+,55+,57?,58?,59?,60?/m1/s1. The summed E-state index contributed by atoms with van der Waals surface area (Å²) in [6.45, 7) is 13.3. The van der Waals surface area contributed by atoms with Crippen molar-refractivity contribution in [1.29, 1.82) is 0 Å². The van der Waals surface area contributed by atoms with E-state index < -0.39 is 221 Å². The van der Waals surface area contributed by atoms with Gasteiger partial charge in [-0.05, 0) is 124 Å². The summed E-state index contributed by atoms with van der Waals surface area (Å²) < 4.78 is 61.2. The molecule has 18 N–H and O–H groups in total. The SMILES string of the molecule is CC(C)=CCCC(C)(O[C@@H]1O[C@H](COC2O[C@H](CO)[C@@H](O)[C@H](O)[C@H]2O)[C@@H](O)[C@H](O)[C@H]1O)C1CCC2(C)C1C(O)CC1C3(C)CCC(O[C@@H]4O[C@H](CO)[C@@H](O)[C@H](O)[C@H]4O[C@@H]4O[C@H](CO)[C@@H](O)[C@H](O)[C@H]4O[C@@H]4O[C@H](CO)[C@@H](O)[C@H](O)[C@H]4O)C(C)(C)C3CCC12C. The zero-order valence-corrected chi connectivity index (χ0v) is 51.5. The summed E-state index contributed by atoms with van der Waals surface area (Å²) >= 11 is 0.